The Morgan fingerprint density at radius 1 is 1.25 bits per heavy atom. The zero-order valence-corrected chi connectivity index (χ0v) is 13.7. The number of piperidine rings is 1. The first-order valence-corrected chi connectivity index (χ1v) is 8.24. The molecule has 2 aromatic rings. The minimum absolute atomic E-state index is 0.0632. The molecule has 24 heavy (non-hydrogen) atoms. The first kappa shape index (κ1) is 16.4. The van der Waals surface area contributed by atoms with Crippen LogP contribution in [0.1, 0.15) is 19.3 Å². The standard InChI is InChI=1S/C17H22N4O3/c1-20-9-6-12(7-10-20)18-15(22)8-11-21-14-5-3-2-4-13(14)16(23)19-17(21)24/h2-5,12H,6-11H2,1H3,(H,18,22)(H,19,23,24). The Hall–Kier alpha value is -2.41. The molecule has 1 aliphatic heterocycles. The van der Waals surface area contributed by atoms with E-state index in [0.29, 0.717) is 10.9 Å². The molecule has 2 N–H and O–H groups in total. The van der Waals surface area contributed by atoms with E-state index in [-0.39, 0.29) is 24.9 Å². The topological polar surface area (TPSA) is 87.2 Å². The lowest BCUT2D eigenvalue weighted by atomic mass is 10.1. The van der Waals surface area contributed by atoms with E-state index in [2.05, 4.69) is 22.2 Å². The quantitative estimate of drug-likeness (QED) is 0.843. The van der Waals surface area contributed by atoms with Gasteiger partial charge >= 0.3 is 5.69 Å². The molecule has 0 unspecified atom stereocenters. The second kappa shape index (κ2) is 7.00. The van der Waals surface area contributed by atoms with Gasteiger partial charge in [-0.1, -0.05) is 12.1 Å². The van der Waals surface area contributed by atoms with Crippen LogP contribution in [0.25, 0.3) is 10.9 Å². The van der Waals surface area contributed by atoms with Gasteiger partial charge in [0.2, 0.25) is 5.91 Å². The molecule has 128 valence electrons. The number of carbonyl (C=O) groups is 1. The minimum Gasteiger partial charge on any atom is -0.353 e. The van der Waals surface area contributed by atoms with E-state index in [1.165, 1.54) is 4.57 Å². The van der Waals surface area contributed by atoms with E-state index in [1.54, 1.807) is 24.3 Å². The molecule has 1 saturated heterocycles. The maximum absolute atomic E-state index is 12.2. The van der Waals surface area contributed by atoms with Gasteiger partial charge in [0.1, 0.15) is 0 Å². The molecule has 2 heterocycles. The Morgan fingerprint density at radius 2 is 1.96 bits per heavy atom. The molecule has 0 aliphatic carbocycles. The molecule has 1 aliphatic rings. The van der Waals surface area contributed by atoms with Crippen molar-refractivity contribution in [3.63, 3.8) is 0 Å². The van der Waals surface area contributed by atoms with Crippen LogP contribution >= 0.6 is 0 Å². The van der Waals surface area contributed by atoms with E-state index >= 15 is 0 Å². The molecule has 7 nitrogen and oxygen atoms in total. The molecule has 0 radical (unpaired) electrons. The van der Waals surface area contributed by atoms with E-state index in [4.69, 9.17) is 0 Å². The Bertz CT molecular complexity index is 847. The van der Waals surface area contributed by atoms with Gasteiger partial charge in [-0.15, -0.1) is 0 Å². The van der Waals surface area contributed by atoms with Crippen molar-refractivity contribution in [2.75, 3.05) is 20.1 Å². The third kappa shape index (κ3) is 3.56. The average Bonchev–Trinajstić information content (AvgIpc) is 2.57. The highest BCUT2D eigenvalue weighted by Gasteiger charge is 2.18. The molecule has 0 atom stereocenters. The number of hydrogen-bond acceptors (Lipinski definition) is 4. The van der Waals surface area contributed by atoms with Crippen LogP contribution in [0.4, 0.5) is 0 Å². The maximum Gasteiger partial charge on any atom is 0.328 e. The van der Waals surface area contributed by atoms with Crippen molar-refractivity contribution < 1.29 is 4.79 Å². The number of carbonyl (C=O) groups excluding carboxylic acids is 1. The number of nitrogens with one attached hydrogen (secondary N) is 2. The first-order chi connectivity index (χ1) is 11.5. The molecule has 0 saturated carbocycles. The van der Waals surface area contributed by atoms with Crippen LogP contribution in [0.2, 0.25) is 0 Å². The third-order valence-corrected chi connectivity index (χ3v) is 4.55. The number of aromatic amines is 1. The van der Waals surface area contributed by atoms with Gasteiger partial charge in [0.05, 0.1) is 10.9 Å². The lowest BCUT2D eigenvalue weighted by Gasteiger charge is -2.29. The van der Waals surface area contributed by atoms with Crippen molar-refractivity contribution >= 4 is 16.8 Å². The van der Waals surface area contributed by atoms with Gasteiger partial charge in [-0.05, 0) is 45.1 Å². The number of fused-ring (bicyclic) bond motifs is 1. The lowest BCUT2D eigenvalue weighted by Crippen LogP contribution is -2.43. The number of aryl methyl sites for hydroxylation is 1. The second-order valence-corrected chi connectivity index (χ2v) is 6.32. The monoisotopic (exact) mass is 330 g/mol. The number of H-pyrrole nitrogens is 1. The number of para-hydroxylation sites is 1. The maximum atomic E-state index is 12.2. The first-order valence-electron chi connectivity index (χ1n) is 8.24. The summed E-state index contributed by atoms with van der Waals surface area (Å²) in [4.78, 5) is 40.6. The Kier molecular flexibility index (Phi) is 4.80. The summed E-state index contributed by atoms with van der Waals surface area (Å²) < 4.78 is 1.45. The van der Waals surface area contributed by atoms with Crippen LogP contribution in [0.5, 0.6) is 0 Å². The number of hydrogen-bond donors (Lipinski definition) is 2. The van der Waals surface area contributed by atoms with Crippen LogP contribution in [0.3, 0.4) is 0 Å². The summed E-state index contributed by atoms with van der Waals surface area (Å²) in [5.41, 5.74) is -0.327. The van der Waals surface area contributed by atoms with Crippen molar-refractivity contribution in [1.29, 1.82) is 0 Å². The lowest BCUT2D eigenvalue weighted by molar-refractivity contribution is -0.122. The highest BCUT2D eigenvalue weighted by molar-refractivity contribution is 5.79. The highest BCUT2D eigenvalue weighted by atomic mass is 16.2. The second-order valence-electron chi connectivity index (χ2n) is 6.32. The smallest absolute Gasteiger partial charge is 0.328 e. The molecule has 3 rings (SSSR count). The molecule has 1 fully saturated rings. The largest absolute Gasteiger partial charge is 0.353 e. The van der Waals surface area contributed by atoms with Gasteiger partial charge in [-0.2, -0.15) is 0 Å². The van der Waals surface area contributed by atoms with Crippen molar-refractivity contribution in [1.82, 2.24) is 19.8 Å². The van der Waals surface area contributed by atoms with Crippen LogP contribution in [0.15, 0.2) is 33.9 Å². The fraction of sp³-hybridized carbons (Fsp3) is 0.471. The Labute approximate surface area is 139 Å². The summed E-state index contributed by atoms with van der Waals surface area (Å²) in [7, 11) is 2.08. The van der Waals surface area contributed by atoms with Crippen LogP contribution < -0.4 is 16.6 Å². The normalized spacial score (nSPS) is 16.4. The summed E-state index contributed by atoms with van der Waals surface area (Å²) in [6.07, 6.45) is 2.11. The summed E-state index contributed by atoms with van der Waals surface area (Å²) >= 11 is 0. The molecule has 7 heteroatoms. The minimum atomic E-state index is -0.481. The number of benzene rings is 1. The predicted octanol–water partition coefficient (Wildman–Crippen LogP) is 0.290. The van der Waals surface area contributed by atoms with E-state index in [1.807, 2.05) is 0 Å². The average molecular weight is 330 g/mol. The Balaban J connectivity index is 1.69. The molecule has 1 aromatic heterocycles. The highest BCUT2D eigenvalue weighted by Crippen LogP contribution is 2.09. The fourth-order valence-corrected chi connectivity index (χ4v) is 3.13. The summed E-state index contributed by atoms with van der Waals surface area (Å²) in [5, 5.41) is 3.49. The number of likely N-dealkylation sites (tertiary alicyclic amines) is 1. The molecule has 0 spiro atoms. The summed E-state index contributed by atoms with van der Waals surface area (Å²) in [5.74, 6) is -0.0632. The SMILES string of the molecule is CN1CCC(NC(=O)CCn2c(=O)[nH]c(=O)c3ccccc32)CC1. The van der Waals surface area contributed by atoms with Crippen molar-refractivity contribution in [3.05, 3.63) is 45.1 Å². The van der Waals surface area contributed by atoms with Gasteiger partial charge in [0, 0.05) is 19.0 Å². The zero-order chi connectivity index (χ0) is 17.1. The number of nitrogens with zero attached hydrogens (tertiary/aromatic N) is 2. The molecule has 1 aromatic carbocycles. The fourth-order valence-electron chi connectivity index (χ4n) is 3.13. The van der Waals surface area contributed by atoms with Gasteiger partial charge in [0.25, 0.3) is 5.56 Å². The van der Waals surface area contributed by atoms with Crippen molar-refractivity contribution in [3.8, 4) is 0 Å². The Morgan fingerprint density at radius 3 is 2.71 bits per heavy atom. The van der Waals surface area contributed by atoms with Gasteiger partial charge in [0.15, 0.2) is 0 Å². The predicted molar refractivity (Wildman–Crippen MR) is 92.1 cm³/mol. The number of aromatic nitrogens is 2. The van der Waals surface area contributed by atoms with Gasteiger partial charge < -0.3 is 10.2 Å². The van der Waals surface area contributed by atoms with E-state index < -0.39 is 11.2 Å². The third-order valence-electron chi connectivity index (χ3n) is 4.55. The van der Waals surface area contributed by atoms with Crippen molar-refractivity contribution in [2.45, 2.75) is 31.8 Å². The summed E-state index contributed by atoms with van der Waals surface area (Å²) in [6.45, 7) is 2.21. The van der Waals surface area contributed by atoms with Gasteiger partial charge in [-0.3, -0.25) is 19.1 Å². The van der Waals surface area contributed by atoms with E-state index in [9.17, 15) is 14.4 Å². The zero-order valence-electron chi connectivity index (χ0n) is 13.7. The van der Waals surface area contributed by atoms with Crippen LogP contribution in [0, 0.1) is 0 Å². The number of rotatable bonds is 4. The van der Waals surface area contributed by atoms with E-state index in [0.717, 1.165) is 25.9 Å². The molecular weight excluding hydrogens is 308 g/mol. The number of amides is 1. The molecule has 1 amide bonds. The van der Waals surface area contributed by atoms with Crippen LogP contribution in [-0.2, 0) is 11.3 Å². The summed E-state index contributed by atoms with van der Waals surface area (Å²) in [6, 6.07) is 7.12. The molecular formula is C17H22N4O3. The van der Waals surface area contributed by atoms with Gasteiger partial charge in [-0.25, -0.2) is 4.79 Å². The van der Waals surface area contributed by atoms with Crippen molar-refractivity contribution in [2.24, 2.45) is 0 Å². The molecule has 0 bridgehead atoms. The van der Waals surface area contributed by atoms with Crippen LogP contribution in [-0.4, -0.2) is 46.5 Å².